The second-order valence-electron chi connectivity index (χ2n) is 3.41. The molecule has 0 radical (unpaired) electrons. The minimum absolute atomic E-state index is 0.212. The third kappa shape index (κ3) is 3.33. The van der Waals surface area contributed by atoms with Crippen LogP contribution >= 0.6 is 11.8 Å². The first-order chi connectivity index (χ1) is 5.70. The molecule has 1 N–H and O–H groups in total. The van der Waals surface area contributed by atoms with Gasteiger partial charge in [0.1, 0.15) is 0 Å². The normalized spacial score (nSPS) is 28.8. The molecule has 3 unspecified atom stereocenters. The summed E-state index contributed by atoms with van der Waals surface area (Å²) in [6.45, 7) is 4.83. The Labute approximate surface area is 78.7 Å². The van der Waals surface area contributed by atoms with Crippen LogP contribution in [0.2, 0.25) is 0 Å². The summed E-state index contributed by atoms with van der Waals surface area (Å²) in [5.41, 5.74) is 0. The van der Waals surface area contributed by atoms with Crippen molar-refractivity contribution in [2.24, 2.45) is 0 Å². The lowest BCUT2D eigenvalue weighted by Gasteiger charge is -2.16. The average Bonchev–Trinajstić information content (AvgIpc) is 2.51. The van der Waals surface area contributed by atoms with Gasteiger partial charge in [-0.1, -0.05) is 6.92 Å². The Hall–Kier alpha value is 0.270. The lowest BCUT2D eigenvalue weighted by atomic mass is 10.3. The van der Waals surface area contributed by atoms with Gasteiger partial charge in [0, 0.05) is 17.6 Å². The zero-order chi connectivity index (χ0) is 8.97. The van der Waals surface area contributed by atoms with Crippen LogP contribution in [0.15, 0.2) is 0 Å². The predicted octanol–water partition coefficient (Wildman–Crippen LogP) is 1.67. The number of thioether (sulfide) groups is 1. The van der Waals surface area contributed by atoms with Crippen molar-refractivity contribution >= 4 is 11.8 Å². The van der Waals surface area contributed by atoms with Crippen LogP contribution in [0.5, 0.6) is 0 Å². The quantitative estimate of drug-likeness (QED) is 0.731. The van der Waals surface area contributed by atoms with E-state index in [0.29, 0.717) is 11.4 Å². The maximum atomic E-state index is 9.23. The second kappa shape index (κ2) is 5.10. The number of aliphatic hydroxyl groups excluding tert-OH is 1. The molecule has 0 bridgehead atoms. The SMILES string of the molecule is CC(O)C(C)SCC1CCCO1. The van der Waals surface area contributed by atoms with Gasteiger partial charge in [-0.15, -0.1) is 0 Å². The first-order valence-corrected chi connectivity index (χ1v) is 5.66. The molecule has 0 amide bonds. The molecule has 0 spiro atoms. The highest BCUT2D eigenvalue weighted by molar-refractivity contribution is 7.99. The van der Waals surface area contributed by atoms with Crippen LogP contribution < -0.4 is 0 Å². The minimum Gasteiger partial charge on any atom is -0.392 e. The number of ether oxygens (including phenoxy) is 1. The molecular weight excluding hydrogens is 172 g/mol. The summed E-state index contributed by atoms with van der Waals surface area (Å²) in [6.07, 6.45) is 2.63. The largest absolute Gasteiger partial charge is 0.392 e. The molecule has 1 rings (SSSR count). The molecule has 1 fully saturated rings. The fraction of sp³-hybridized carbons (Fsp3) is 1.00. The van der Waals surface area contributed by atoms with Crippen molar-refractivity contribution in [3.8, 4) is 0 Å². The third-order valence-corrected chi connectivity index (χ3v) is 3.73. The number of aliphatic hydroxyl groups is 1. The van der Waals surface area contributed by atoms with Gasteiger partial charge in [-0.3, -0.25) is 0 Å². The van der Waals surface area contributed by atoms with E-state index < -0.39 is 0 Å². The van der Waals surface area contributed by atoms with E-state index in [0.717, 1.165) is 12.4 Å². The van der Waals surface area contributed by atoms with Crippen molar-refractivity contribution < 1.29 is 9.84 Å². The Morgan fingerprint density at radius 1 is 1.58 bits per heavy atom. The van der Waals surface area contributed by atoms with Crippen molar-refractivity contribution in [3.63, 3.8) is 0 Å². The van der Waals surface area contributed by atoms with Crippen LogP contribution in [0, 0.1) is 0 Å². The fourth-order valence-electron chi connectivity index (χ4n) is 1.17. The Morgan fingerprint density at radius 3 is 2.83 bits per heavy atom. The van der Waals surface area contributed by atoms with Gasteiger partial charge in [-0.25, -0.2) is 0 Å². The summed E-state index contributed by atoms with van der Waals surface area (Å²) in [7, 11) is 0. The van der Waals surface area contributed by atoms with Crippen molar-refractivity contribution in [3.05, 3.63) is 0 Å². The average molecular weight is 190 g/mol. The summed E-state index contributed by atoms with van der Waals surface area (Å²) < 4.78 is 5.48. The summed E-state index contributed by atoms with van der Waals surface area (Å²) in [4.78, 5) is 0. The zero-order valence-corrected chi connectivity index (χ0v) is 8.64. The van der Waals surface area contributed by atoms with Gasteiger partial charge in [0.05, 0.1) is 12.2 Å². The number of hydrogen-bond acceptors (Lipinski definition) is 3. The summed E-state index contributed by atoms with van der Waals surface area (Å²) in [6, 6.07) is 0. The Kier molecular flexibility index (Phi) is 4.40. The molecular formula is C9H18O2S. The van der Waals surface area contributed by atoms with Crippen LogP contribution in [-0.2, 0) is 4.74 Å². The second-order valence-corrected chi connectivity index (χ2v) is 4.82. The van der Waals surface area contributed by atoms with E-state index in [4.69, 9.17) is 4.74 Å². The first kappa shape index (κ1) is 10.4. The molecule has 0 aliphatic carbocycles. The van der Waals surface area contributed by atoms with Gasteiger partial charge in [0.2, 0.25) is 0 Å². The van der Waals surface area contributed by atoms with E-state index in [-0.39, 0.29) is 6.10 Å². The number of rotatable bonds is 4. The van der Waals surface area contributed by atoms with Crippen molar-refractivity contribution in [1.29, 1.82) is 0 Å². The molecule has 72 valence electrons. The third-order valence-electron chi connectivity index (χ3n) is 2.25. The van der Waals surface area contributed by atoms with Gasteiger partial charge >= 0.3 is 0 Å². The molecule has 12 heavy (non-hydrogen) atoms. The maximum Gasteiger partial charge on any atom is 0.0666 e. The van der Waals surface area contributed by atoms with E-state index in [1.807, 2.05) is 6.92 Å². The molecule has 0 aromatic heterocycles. The monoisotopic (exact) mass is 190 g/mol. The molecule has 0 aromatic carbocycles. The molecule has 3 heteroatoms. The van der Waals surface area contributed by atoms with Crippen LogP contribution in [-0.4, -0.2) is 34.9 Å². The lowest BCUT2D eigenvalue weighted by Crippen LogP contribution is -2.19. The van der Waals surface area contributed by atoms with E-state index in [9.17, 15) is 5.11 Å². The Bertz CT molecular complexity index is 120. The van der Waals surface area contributed by atoms with Crippen LogP contribution in [0.3, 0.4) is 0 Å². The van der Waals surface area contributed by atoms with Gasteiger partial charge in [0.25, 0.3) is 0 Å². The molecule has 1 heterocycles. The molecule has 0 aromatic rings. The zero-order valence-electron chi connectivity index (χ0n) is 7.82. The Morgan fingerprint density at radius 2 is 2.33 bits per heavy atom. The molecule has 2 nitrogen and oxygen atoms in total. The molecule has 1 aliphatic heterocycles. The molecule has 0 saturated carbocycles. The first-order valence-electron chi connectivity index (χ1n) is 4.61. The highest BCUT2D eigenvalue weighted by Gasteiger charge is 2.17. The van der Waals surface area contributed by atoms with Gasteiger partial charge in [-0.2, -0.15) is 11.8 Å². The topological polar surface area (TPSA) is 29.5 Å². The predicted molar refractivity (Wildman–Crippen MR) is 52.6 cm³/mol. The van der Waals surface area contributed by atoms with Crippen molar-refractivity contribution in [2.45, 2.75) is 44.1 Å². The molecule has 1 aliphatic rings. The maximum absolute atomic E-state index is 9.23. The summed E-state index contributed by atoms with van der Waals surface area (Å²) >= 11 is 1.81. The molecule has 3 atom stereocenters. The van der Waals surface area contributed by atoms with Gasteiger partial charge in [0.15, 0.2) is 0 Å². The van der Waals surface area contributed by atoms with E-state index >= 15 is 0 Å². The van der Waals surface area contributed by atoms with E-state index in [2.05, 4.69) is 6.92 Å². The summed E-state index contributed by atoms with van der Waals surface area (Å²) in [5, 5.41) is 9.56. The van der Waals surface area contributed by atoms with E-state index in [1.165, 1.54) is 12.8 Å². The van der Waals surface area contributed by atoms with Gasteiger partial charge in [-0.05, 0) is 19.8 Å². The highest BCUT2D eigenvalue weighted by atomic mass is 32.2. The van der Waals surface area contributed by atoms with Crippen molar-refractivity contribution in [2.75, 3.05) is 12.4 Å². The number of hydrogen-bond donors (Lipinski definition) is 1. The highest BCUT2D eigenvalue weighted by Crippen LogP contribution is 2.21. The Balaban J connectivity index is 2.07. The molecule has 1 saturated heterocycles. The van der Waals surface area contributed by atoms with Gasteiger partial charge < -0.3 is 9.84 Å². The van der Waals surface area contributed by atoms with Crippen LogP contribution in [0.25, 0.3) is 0 Å². The standard InChI is InChI=1S/C9H18O2S/c1-7(10)8(2)12-6-9-4-3-5-11-9/h7-10H,3-6H2,1-2H3. The minimum atomic E-state index is -0.212. The van der Waals surface area contributed by atoms with Crippen molar-refractivity contribution in [1.82, 2.24) is 0 Å². The summed E-state index contributed by atoms with van der Waals surface area (Å²) in [5.74, 6) is 1.03. The van der Waals surface area contributed by atoms with Crippen LogP contribution in [0.4, 0.5) is 0 Å². The van der Waals surface area contributed by atoms with Crippen LogP contribution in [0.1, 0.15) is 26.7 Å². The fourth-order valence-corrected chi connectivity index (χ4v) is 2.23. The smallest absolute Gasteiger partial charge is 0.0666 e. The lowest BCUT2D eigenvalue weighted by molar-refractivity contribution is 0.128. The van der Waals surface area contributed by atoms with E-state index in [1.54, 1.807) is 11.8 Å².